The predicted octanol–water partition coefficient (Wildman–Crippen LogP) is 4.44. The largest absolute Gasteiger partial charge is 0.353 e. The van der Waals surface area contributed by atoms with E-state index in [1.54, 1.807) is 0 Å². The summed E-state index contributed by atoms with van der Waals surface area (Å²) < 4.78 is 0. The molecule has 1 atom stereocenters. The van der Waals surface area contributed by atoms with Crippen LogP contribution in [-0.2, 0) is 5.33 Å². The van der Waals surface area contributed by atoms with Gasteiger partial charge in [0.2, 0.25) is 0 Å². The highest BCUT2D eigenvalue weighted by Gasteiger charge is 2.21. The van der Waals surface area contributed by atoms with E-state index in [0.29, 0.717) is 6.04 Å². The van der Waals surface area contributed by atoms with Crippen molar-refractivity contribution in [2.45, 2.75) is 57.3 Å². The Hall–Kier alpha value is -0.570. The van der Waals surface area contributed by atoms with Crippen molar-refractivity contribution in [3.05, 3.63) is 23.4 Å². The van der Waals surface area contributed by atoms with Crippen molar-refractivity contribution in [3.8, 4) is 0 Å². The Kier molecular flexibility index (Phi) is 5.04. The minimum atomic E-state index is 0.675. The minimum absolute atomic E-state index is 0.675. The fraction of sp³-hybridized carbons (Fsp3) is 0.667. The van der Waals surface area contributed by atoms with Crippen molar-refractivity contribution in [2.75, 3.05) is 11.4 Å². The van der Waals surface area contributed by atoms with Gasteiger partial charge in [0.05, 0.1) is 0 Å². The third-order valence-corrected chi connectivity index (χ3v) is 4.53. The Morgan fingerprint density at radius 3 is 2.89 bits per heavy atom. The molecule has 0 aliphatic carbocycles. The van der Waals surface area contributed by atoms with Gasteiger partial charge < -0.3 is 4.90 Å². The molecule has 0 radical (unpaired) electrons. The lowest BCUT2D eigenvalue weighted by Crippen LogP contribution is -2.35. The highest BCUT2D eigenvalue weighted by molar-refractivity contribution is 9.08. The van der Waals surface area contributed by atoms with E-state index in [2.05, 4.69) is 40.7 Å². The van der Waals surface area contributed by atoms with Crippen molar-refractivity contribution in [2.24, 2.45) is 0 Å². The van der Waals surface area contributed by atoms with Crippen LogP contribution in [0.25, 0.3) is 0 Å². The van der Waals surface area contributed by atoms with Gasteiger partial charge in [0, 0.05) is 24.1 Å². The topological polar surface area (TPSA) is 16.1 Å². The molecule has 2 heterocycles. The second kappa shape index (κ2) is 6.55. The third-order valence-electron chi connectivity index (χ3n) is 3.88. The predicted molar refractivity (Wildman–Crippen MR) is 81.5 cm³/mol. The fourth-order valence-corrected chi connectivity index (χ4v) is 3.19. The smallest absolute Gasteiger partial charge is 0.131 e. The average molecular weight is 311 g/mol. The van der Waals surface area contributed by atoms with Gasteiger partial charge in [0.25, 0.3) is 0 Å². The van der Waals surface area contributed by atoms with Crippen LogP contribution in [0.15, 0.2) is 12.3 Å². The summed E-state index contributed by atoms with van der Waals surface area (Å²) >= 11 is 3.50. The summed E-state index contributed by atoms with van der Waals surface area (Å²) in [4.78, 5) is 7.25. The van der Waals surface area contributed by atoms with Gasteiger partial charge in [-0.15, -0.1) is 0 Å². The standard InChI is InChI=1S/C15H23BrN2/c1-3-14-7-5-4-6-8-18(14)15-12(2)9-13(10-16)11-17-15/h9,11,14H,3-8,10H2,1-2H3. The normalized spacial score (nSPS) is 20.8. The summed E-state index contributed by atoms with van der Waals surface area (Å²) in [5, 5.41) is 0.887. The monoisotopic (exact) mass is 310 g/mol. The summed E-state index contributed by atoms with van der Waals surface area (Å²) in [6.45, 7) is 5.65. The second-order valence-electron chi connectivity index (χ2n) is 5.22. The Bertz CT molecular complexity index is 392. The molecule has 1 unspecified atom stereocenters. The van der Waals surface area contributed by atoms with Crippen LogP contribution in [0.3, 0.4) is 0 Å². The van der Waals surface area contributed by atoms with E-state index in [-0.39, 0.29) is 0 Å². The Morgan fingerprint density at radius 1 is 1.39 bits per heavy atom. The van der Waals surface area contributed by atoms with Crippen molar-refractivity contribution in [1.82, 2.24) is 4.98 Å². The van der Waals surface area contributed by atoms with Gasteiger partial charge in [-0.1, -0.05) is 41.8 Å². The van der Waals surface area contributed by atoms with Crippen LogP contribution >= 0.6 is 15.9 Å². The molecule has 1 aromatic heterocycles. The van der Waals surface area contributed by atoms with E-state index >= 15 is 0 Å². The molecule has 0 aromatic carbocycles. The van der Waals surface area contributed by atoms with E-state index in [4.69, 9.17) is 4.98 Å². The zero-order chi connectivity index (χ0) is 13.0. The molecule has 2 nitrogen and oxygen atoms in total. The maximum absolute atomic E-state index is 4.71. The molecule has 18 heavy (non-hydrogen) atoms. The van der Waals surface area contributed by atoms with Gasteiger partial charge in [-0.25, -0.2) is 4.98 Å². The number of hydrogen-bond donors (Lipinski definition) is 0. The first-order valence-corrected chi connectivity index (χ1v) is 8.16. The fourth-order valence-electron chi connectivity index (χ4n) is 2.88. The number of pyridine rings is 1. The molecule has 0 spiro atoms. The van der Waals surface area contributed by atoms with Crippen molar-refractivity contribution < 1.29 is 0 Å². The molecule has 3 heteroatoms. The molecule has 0 N–H and O–H groups in total. The SMILES string of the molecule is CCC1CCCCCN1c1ncc(CBr)cc1C. The van der Waals surface area contributed by atoms with Crippen molar-refractivity contribution in [1.29, 1.82) is 0 Å². The second-order valence-corrected chi connectivity index (χ2v) is 5.78. The third kappa shape index (κ3) is 3.05. The van der Waals surface area contributed by atoms with Crippen LogP contribution in [-0.4, -0.2) is 17.6 Å². The highest BCUT2D eigenvalue weighted by atomic mass is 79.9. The van der Waals surface area contributed by atoms with Crippen LogP contribution in [0.1, 0.15) is 50.2 Å². The molecule has 1 aliphatic rings. The number of alkyl halides is 1. The van der Waals surface area contributed by atoms with Crippen LogP contribution in [0.4, 0.5) is 5.82 Å². The lowest BCUT2D eigenvalue weighted by atomic mass is 10.1. The lowest BCUT2D eigenvalue weighted by Gasteiger charge is -2.31. The zero-order valence-electron chi connectivity index (χ0n) is 11.5. The molecule has 1 saturated heterocycles. The van der Waals surface area contributed by atoms with Gasteiger partial charge in [0.15, 0.2) is 0 Å². The minimum Gasteiger partial charge on any atom is -0.353 e. The van der Waals surface area contributed by atoms with E-state index in [1.807, 2.05) is 6.20 Å². The number of anilines is 1. The van der Waals surface area contributed by atoms with Crippen LogP contribution < -0.4 is 4.90 Å². The molecule has 0 amide bonds. The van der Waals surface area contributed by atoms with E-state index in [1.165, 1.54) is 55.6 Å². The van der Waals surface area contributed by atoms with Crippen LogP contribution in [0, 0.1) is 6.92 Å². The number of aryl methyl sites for hydroxylation is 1. The molecule has 1 fully saturated rings. The average Bonchev–Trinajstić information content (AvgIpc) is 2.63. The van der Waals surface area contributed by atoms with Crippen molar-refractivity contribution in [3.63, 3.8) is 0 Å². The van der Waals surface area contributed by atoms with Crippen molar-refractivity contribution >= 4 is 21.7 Å². The summed E-state index contributed by atoms with van der Waals surface area (Å²) in [5.41, 5.74) is 2.58. The van der Waals surface area contributed by atoms with Crippen LogP contribution in [0.5, 0.6) is 0 Å². The summed E-state index contributed by atoms with van der Waals surface area (Å²) in [7, 11) is 0. The van der Waals surface area contributed by atoms with Crippen LogP contribution in [0.2, 0.25) is 0 Å². The number of nitrogens with zero attached hydrogens (tertiary/aromatic N) is 2. The summed E-state index contributed by atoms with van der Waals surface area (Å²) in [5.74, 6) is 1.20. The molecule has 100 valence electrons. The summed E-state index contributed by atoms with van der Waals surface area (Å²) in [6, 6.07) is 2.93. The molecule has 2 rings (SSSR count). The first-order valence-electron chi connectivity index (χ1n) is 7.04. The quantitative estimate of drug-likeness (QED) is 0.767. The number of rotatable bonds is 3. The summed E-state index contributed by atoms with van der Waals surface area (Å²) in [6.07, 6.45) is 8.59. The maximum atomic E-state index is 4.71. The Labute approximate surface area is 119 Å². The van der Waals surface area contributed by atoms with Gasteiger partial charge in [-0.05, 0) is 37.3 Å². The van der Waals surface area contributed by atoms with E-state index in [9.17, 15) is 0 Å². The Balaban J connectivity index is 2.27. The van der Waals surface area contributed by atoms with Gasteiger partial charge in [0.1, 0.15) is 5.82 Å². The molecule has 1 aromatic rings. The first-order chi connectivity index (χ1) is 8.76. The maximum Gasteiger partial charge on any atom is 0.131 e. The molecular weight excluding hydrogens is 288 g/mol. The number of halogens is 1. The molecule has 0 bridgehead atoms. The molecule has 0 saturated carbocycles. The lowest BCUT2D eigenvalue weighted by molar-refractivity contribution is 0.551. The van der Waals surface area contributed by atoms with E-state index < -0.39 is 0 Å². The number of hydrogen-bond acceptors (Lipinski definition) is 2. The van der Waals surface area contributed by atoms with Gasteiger partial charge in [-0.2, -0.15) is 0 Å². The Morgan fingerprint density at radius 2 is 2.22 bits per heavy atom. The van der Waals surface area contributed by atoms with Gasteiger partial charge in [-0.3, -0.25) is 0 Å². The highest BCUT2D eigenvalue weighted by Crippen LogP contribution is 2.27. The first kappa shape index (κ1) is 13.9. The van der Waals surface area contributed by atoms with E-state index in [0.717, 1.165) is 5.33 Å². The van der Waals surface area contributed by atoms with Gasteiger partial charge >= 0.3 is 0 Å². The number of aromatic nitrogens is 1. The zero-order valence-corrected chi connectivity index (χ0v) is 13.0. The molecular formula is C15H23BrN2. The molecule has 1 aliphatic heterocycles.